The molecular formula is C12H23ClN2O3. The van der Waals surface area contributed by atoms with E-state index in [4.69, 9.17) is 10.8 Å². The van der Waals surface area contributed by atoms with E-state index in [2.05, 4.69) is 5.32 Å². The lowest BCUT2D eigenvalue weighted by atomic mass is 9.79. The first-order valence-electron chi connectivity index (χ1n) is 6.34. The zero-order valence-corrected chi connectivity index (χ0v) is 11.4. The van der Waals surface area contributed by atoms with Crippen LogP contribution in [0.25, 0.3) is 0 Å². The molecule has 18 heavy (non-hydrogen) atoms. The first-order valence-corrected chi connectivity index (χ1v) is 6.34. The van der Waals surface area contributed by atoms with E-state index in [-0.39, 0.29) is 30.7 Å². The highest BCUT2D eigenvalue weighted by Gasteiger charge is 2.29. The van der Waals surface area contributed by atoms with Crippen LogP contribution < -0.4 is 11.1 Å². The Labute approximate surface area is 114 Å². The molecule has 0 radical (unpaired) electrons. The summed E-state index contributed by atoms with van der Waals surface area (Å²) in [5.74, 6) is -0.455. The van der Waals surface area contributed by atoms with Crippen molar-refractivity contribution in [2.75, 3.05) is 13.1 Å². The van der Waals surface area contributed by atoms with Gasteiger partial charge in [-0.1, -0.05) is 12.8 Å². The zero-order valence-electron chi connectivity index (χ0n) is 10.6. The Balaban J connectivity index is 0.00000289. The maximum Gasteiger partial charge on any atom is 0.303 e. The SMILES string of the molecule is Cl.NCC1CCCCC1C(=O)NCCCC(=O)O. The lowest BCUT2D eigenvalue weighted by Crippen LogP contribution is -2.39. The Bertz CT molecular complexity index is 274. The molecule has 0 aromatic carbocycles. The predicted molar refractivity (Wildman–Crippen MR) is 71.6 cm³/mol. The van der Waals surface area contributed by atoms with Gasteiger partial charge in [-0.05, 0) is 31.7 Å². The summed E-state index contributed by atoms with van der Waals surface area (Å²) in [6.45, 7) is 1.01. The standard InChI is InChI=1S/C12H22N2O3.ClH/c13-8-9-4-1-2-5-10(9)12(17)14-7-3-6-11(15)16;/h9-10H,1-8,13H2,(H,14,17)(H,15,16);1H. The molecule has 0 spiro atoms. The molecular weight excluding hydrogens is 256 g/mol. The number of carboxylic acid groups (broad SMARTS) is 1. The smallest absolute Gasteiger partial charge is 0.303 e. The Morgan fingerprint density at radius 3 is 2.56 bits per heavy atom. The molecule has 1 aliphatic rings. The minimum absolute atomic E-state index is 0. The first kappa shape index (κ1) is 17.2. The Morgan fingerprint density at radius 2 is 1.94 bits per heavy atom. The van der Waals surface area contributed by atoms with Crippen molar-refractivity contribution >= 4 is 24.3 Å². The molecule has 4 N–H and O–H groups in total. The molecule has 2 atom stereocenters. The quantitative estimate of drug-likeness (QED) is 0.636. The first-order chi connectivity index (χ1) is 8.15. The maximum absolute atomic E-state index is 11.9. The number of carbonyl (C=O) groups excluding carboxylic acids is 1. The van der Waals surface area contributed by atoms with Crippen LogP contribution >= 0.6 is 12.4 Å². The van der Waals surface area contributed by atoms with Gasteiger partial charge in [-0.25, -0.2) is 0 Å². The topological polar surface area (TPSA) is 92.4 Å². The second kappa shape index (κ2) is 9.16. The van der Waals surface area contributed by atoms with Gasteiger partial charge in [0.1, 0.15) is 0 Å². The third-order valence-corrected chi connectivity index (χ3v) is 3.42. The fourth-order valence-electron chi connectivity index (χ4n) is 2.42. The van der Waals surface area contributed by atoms with Gasteiger partial charge in [-0.15, -0.1) is 12.4 Å². The van der Waals surface area contributed by atoms with Crippen molar-refractivity contribution in [3.63, 3.8) is 0 Å². The summed E-state index contributed by atoms with van der Waals surface area (Å²) in [7, 11) is 0. The van der Waals surface area contributed by atoms with Gasteiger partial charge >= 0.3 is 5.97 Å². The minimum atomic E-state index is -0.822. The van der Waals surface area contributed by atoms with Crippen molar-refractivity contribution in [2.45, 2.75) is 38.5 Å². The summed E-state index contributed by atoms with van der Waals surface area (Å²) in [4.78, 5) is 22.2. The lowest BCUT2D eigenvalue weighted by molar-refractivity contribution is -0.137. The number of nitrogens with two attached hydrogens (primary N) is 1. The van der Waals surface area contributed by atoms with Crippen LogP contribution in [0.15, 0.2) is 0 Å². The van der Waals surface area contributed by atoms with Gasteiger partial charge in [0.2, 0.25) is 5.91 Å². The van der Waals surface area contributed by atoms with Crippen molar-refractivity contribution < 1.29 is 14.7 Å². The predicted octanol–water partition coefficient (Wildman–Crippen LogP) is 1.15. The number of carbonyl (C=O) groups is 2. The van der Waals surface area contributed by atoms with Gasteiger partial charge in [0.25, 0.3) is 0 Å². The summed E-state index contributed by atoms with van der Waals surface area (Å²) in [6.07, 6.45) is 4.77. The zero-order chi connectivity index (χ0) is 12.7. The van der Waals surface area contributed by atoms with Crippen LogP contribution in [0, 0.1) is 11.8 Å². The minimum Gasteiger partial charge on any atom is -0.481 e. The fraction of sp³-hybridized carbons (Fsp3) is 0.833. The van der Waals surface area contributed by atoms with E-state index in [9.17, 15) is 9.59 Å². The number of rotatable bonds is 6. The fourth-order valence-corrected chi connectivity index (χ4v) is 2.42. The van der Waals surface area contributed by atoms with E-state index >= 15 is 0 Å². The maximum atomic E-state index is 11.9. The molecule has 0 aliphatic heterocycles. The van der Waals surface area contributed by atoms with Crippen molar-refractivity contribution in [1.29, 1.82) is 0 Å². The van der Waals surface area contributed by atoms with Crippen LogP contribution in [0.3, 0.4) is 0 Å². The van der Waals surface area contributed by atoms with Gasteiger partial charge < -0.3 is 16.2 Å². The van der Waals surface area contributed by atoms with Gasteiger partial charge in [-0.2, -0.15) is 0 Å². The van der Waals surface area contributed by atoms with Crippen molar-refractivity contribution in [2.24, 2.45) is 17.6 Å². The highest BCUT2D eigenvalue weighted by atomic mass is 35.5. The van der Waals surface area contributed by atoms with Crippen molar-refractivity contribution in [3.8, 4) is 0 Å². The number of nitrogens with one attached hydrogen (secondary N) is 1. The Kier molecular flexibility index (Phi) is 8.75. The van der Waals surface area contributed by atoms with E-state index in [1.165, 1.54) is 0 Å². The lowest BCUT2D eigenvalue weighted by Gasteiger charge is -2.29. The van der Waals surface area contributed by atoms with Crippen LogP contribution in [0.4, 0.5) is 0 Å². The highest BCUT2D eigenvalue weighted by Crippen LogP contribution is 2.29. The summed E-state index contributed by atoms with van der Waals surface area (Å²) in [5, 5.41) is 11.3. The molecule has 1 amide bonds. The van der Waals surface area contributed by atoms with E-state index in [0.29, 0.717) is 25.4 Å². The molecule has 0 heterocycles. The number of halogens is 1. The van der Waals surface area contributed by atoms with Crippen LogP contribution in [0.5, 0.6) is 0 Å². The largest absolute Gasteiger partial charge is 0.481 e. The molecule has 6 heteroatoms. The third kappa shape index (κ3) is 5.69. The molecule has 5 nitrogen and oxygen atoms in total. The Hall–Kier alpha value is -0.810. The average molecular weight is 279 g/mol. The number of aliphatic carboxylic acids is 1. The summed E-state index contributed by atoms with van der Waals surface area (Å²) in [6, 6.07) is 0. The van der Waals surface area contributed by atoms with E-state index in [1.807, 2.05) is 0 Å². The van der Waals surface area contributed by atoms with E-state index in [1.54, 1.807) is 0 Å². The van der Waals surface area contributed by atoms with Crippen LogP contribution in [-0.2, 0) is 9.59 Å². The second-order valence-corrected chi connectivity index (χ2v) is 4.68. The van der Waals surface area contributed by atoms with E-state index < -0.39 is 5.97 Å². The second-order valence-electron chi connectivity index (χ2n) is 4.68. The summed E-state index contributed by atoms with van der Waals surface area (Å²) in [5.41, 5.74) is 5.67. The van der Waals surface area contributed by atoms with E-state index in [0.717, 1.165) is 25.7 Å². The third-order valence-electron chi connectivity index (χ3n) is 3.42. The molecule has 0 aromatic heterocycles. The number of amides is 1. The monoisotopic (exact) mass is 278 g/mol. The molecule has 0 bridgehead atoms. The molecule has 1 fully saturated rings. The normalized spacial score (nSPS) is 22.9. The van der Waals surface area contributed by atoms with Crippen LogP contribution in [-0.4, -0.2) is 30.1 Å². The summed E-state index contributed by atoms with van der Waals surface area (Å²) < 4.78 is 0. The number of hydrogen-bond acceptors (Lipinski definition) is 3. The molecule has 0 aromatic rings. The molecule has 1 rings (SSSR count). The van der Waals surface area contributed by atoms with Crippen molar-refractivity contribution in [1.82, 2.24) is 5.32 Å². The molecule has 0 saturated heterocycles. The number of hydrogen-bond donors (Lipinski definition) is 3. The Morgan fingerprint density at radius 1 is 1.28 bits per heavy atom. The molecule has 2 unspecified atom stereocenters. The van der Waals surface area contributed by atoms with Crippen molar-refractivity contribution in [3.05, 3.63) is 0 Å². The van der Waals surface area contributed by atoms with Gasteiger partial charge in [0.15, 0.2) is 0 Å². The molecule has 1 saturated carbocycles. The highest BCUT2D eigenvalue weighted by molar-refractivity contribution is 5.85. The molecule has 1 aliphatic carbocycles. The van der Waals surface area contributed by atoms with Gasteiger partial charge in [-0.3, -0.25) is 9.59 Å². The molecule has 106 valence electrons. The average Bonchev–Trinajstić information content (AvgIpc) is 2.34. The summed E-state index contributed by atoms with van der Waals surface area (Å²) >= 11 is 0. The number of carboxylic acids is 1. The van der Waals surface area contributed by atoms with Gasteiger partial charge in [0, 0.05) is 18.9 Å². The van der Waals surface area contributed by atoms with Crippen LogP contribution in [0.1, 0.15) is 38.5 Å². The van der Waals surface area contributed by atoms with Gasteiger partial charge in [0.05, 0.1) is 0 Å². The van der Waals surface area contributed by atoms with Crippen LogP contribution in [0.2, 0.25) is 0 Å².